The highest BCUT2D eigenvalue weighted by Gasteiger charge is 2.18. The third-order valence-corrected chi connectivity index (χ3v) is 2.68. The van der Waals surface area contributed by atoms with E-state index in [-0.39, 0.29) is 6.04 Å². The van der Waals surface area contributed by atoms with E-state index in [1.54, 1.807) is 6.92 Å². The van der Waals surface area contributed by atoms with Crippen LogP contribution < -0.4 is 5.32 Å². The Labute approximate surface area is 96.3 Å². The van der Waals surface area contributed by atoms with Crippen molar-refractivity contribution in [1.29, 1.82) is 0 Å². The Balaban J connectivity index is 2.84. The van der Waals surface area contributed by atoms with Crippen molar-refractivity contribution in [3.8, 4) is 0 Å². The van der Waals surface area contributed by atoms with Gasteiger partial charge in [0, 0.05) is 5.02 Å². The van der Waals surface area contributed by atoms with Crippen LogP contribution in [0.2, 0.25) is 5.02 Å². The normalized spacial score (nSPS) is 14.9. The summed E-state index contributed by atoms with van der Waals surface area (Å²) in [4.78, 5) is 0. The minimum Gasteiger partial charge on any atom is -0.391 e. The number of aliphatic hydroxyl groups excluding tert-OH is 1. The summed E-state index contributed by atoms with van der Waals surface area (Å²) in [5.74, 6) is 0. The van der Waals surface area contributed by atoms with Crippen molar-refractivity contribution in [3.05, 3.63) is 34.9 Å². The standard InChI is InChI=1S/C12H18ClNO/c1-3-8-14-12(9(2)15)10-6-4-5-7-11(10)13/h4-7,9,12,14-15H,3,8H2,1-2H3. The molecule has 2 atom stereocenters. The van der Waals surface area contributed by atoms with Crippen molar-refractivity contribution < 1.29 is 5.11 Å². The van der Waals surface area contributed by atoms with Crippen LogP contribution in [-0.2, 0) is 0 Å². The van der Waals surface area contributed by atoms with Crippen molar-refractivity contribution in [2.24, 2.45) is 0 Å². The quantitative estimate of drug-likeness (QED) is 0.811. The van der Waals surface area contributed by atoms with Crippen molar-refractivity contribution >= 4 is 11.6 Å². The number of rotatable bonds is 5. The topological polar surface area (TPSA) is 32.3 Å². The van der Waals surface area contributed by atoms with Crippen LogP contribution in [0.3, 0.4) is 0 Å². The van der Waals surface area contributed by atoms with Crippen LogP contribution >= 0.6 is 11.6 Å². The third-order valence-electron chi connectivity index (χ3n) is 2.34. The fourth-order valence-electron chi connectivity index (χ4n) is 1.57. The van der Waals surface area contributed by atoms with E-state index >= 15 is 0 Å². The van der Waals surface area contributed by atoms with Crippen molar-refractivity contribution in [3.63, 3.8) is 0 Å². The van der Waals surface area contributed by atoms with Crippen LogP contribution in [0, 0.1) is 0 Å². The molecule has 0 aromatic heterocycles. The van der Waals surface area contributed by atoms with E-state index in [2.05, 4.69) is 12.2 Å². The Morgan fingerprint density at radius 1 is 1.40 bits per heavy atom. The molecule has 0 fully saturated rings. The second-order valence-electron chi connectivity index (χ2n) is 3.69. The lowest BCUT2D eigenvalue weighted by atomic mass is 10.0. The van der Waals surface area contributed by atoms with Gasteiger partial charge in [0.25, 0.3) is 0 Å². The van der Waals surface area contributed by atoms with Gasteiger partial charge in [-0.15, -0.1) is 0 Å². The van der Waals surface area contributed by atoms with Gasteiger partial charge in [0.15, 0.2) is 0 Å². The third kappa shape index (κ3) is 3.49. The van der Waals surface area contributed by atoms with Gasteiger partial charge in [-0.1, -0.05) is 36.7 Å². The zero-order chi connectivity index (χ0) is 11.3. The molecule has 2 nitrogen and oxygen atoms in total. The van der Waals surface area contributed by atoms with Gasteiger partial charge >= 0.3 is 0 Å². The SMILES string of the molecule is CCCNC(c1ccccc1Cl)C(C)O. The first kappa shape index (κ1) is 12.5. The molecule has 15 heavy (non-hydrogen) atoms. The zero-order valence-corrected chi connectivity index (χ0v) is 9.96. The van der Waals surface area contributed by atoms with Gasteiger partial charge in [-0.3, -0.25) is 0 Å². The average molecular weight is 228 g/mol. The molecule has 3 heteroatoms. The number of halogens is 1. The predicted molar refractivity (Wildman–Crippen MR) is 64.2 cm³/mol. The Kier molecular flexibility index (Phi) is 5.09. The zero-order valence-electron chi connectivity index (χ0n) is 9.20. The first-order chi connectivity index (χ1) is 7.16. The van der Waals surface area contributed by atoms with E-state index < -0.39 is 6.10 Å². The summed E-state index contributed by atoms with van der Waals surface area (Å²) < 4.78 is 0. The fourth-order valence-corrected chi connectivity index (χ4v) is 1.82. The molecule has 2 N–H and O–H groups in total. The van der Waals surface area contributed by atoms with Crippen molar-refractivity contribution in [1.82, 2.24) is 5.32 Å². The van der Waals surface area contributed by atoms with E-state index in [1.165, 1.54) is 0 Å². The molecule has 1 aromatic rings. The molecule has 0 bridgehead atoms. The Bertz CT molecular complexity index is 301. The molecule has 2 unspecified atom stereocenters. The fraction of sp³-hybridized carbons (Fsp3) is 0.500. The maximum absolute atomic E-state index is 9.70. The van der Waals surface area contributed by atoms with Crippen LogP contribution in [0.15, 0.2) is 24.3 Å². The monoisotopic (exact) mass is 227 g/mol. The van der Waals surface area contributed by atoms with Gasteiger partial charge in [-0.05, 0) is 31.5 Å². The minimum absolute atomic E-state index is 0.0846. The van der Waals surface area contributed by atoms with E-state index in [0.717, 1.165) is 18.5 Å². The van der Waals surface area contributed by atoms with Gasteiger partial charge in [-0.25, -0.2) is 0 Å². The minimum atomic E-state index is -0.448. The first-order valence-electron chi connectivity index (χ1n) is 5.32. The van der Waals surface area contributed by atoms with Gasteiger partial charge in [-0.2, -0.15) is 0 Å². The summed E-state index contributed by atoms with van der Waals surface area (Å²) in [5, 5.41) is 13.7. The second kappa shape index (κ2) is 6.11. The maximum Gasteiger partial charge on any atom is 0.0707 e. The Morgan fingerprint density at radius 3 is 2.60 bits per heavy atom. The molecule has 0 aliphatic heterocycles. The van der Waals surface area contributed by atoms with Crippen molar-refractivity contribution in [2.75, 3.05) is 6.54 Å². The molecule has 0 amide bonds. The van der Waals surface area contributed by atoms with Crippen LogP contribution in [0.1, 0.15) is 31.9 Å². The molecular weight excluding hydrogens is 210 g/mol. The molecule has 84 valence electrons. The van der Waals surface area contributed by atoms with E-state index in [4.69, 9.17) is 11.6 Å². The summed E-state index contributed by atoms with van der Waals surface area (Å²) >= 11 is 6.09. The van der Waals surface area contributed by atoms with Gasteiger partial charge in [0.05, 0.1) is 12.1 Å². The summed E-state index contributed by atoms with van der Waals surface area (Å²) in [6.07, 6.45) is 0.588. The van der Waals surface area contributed by atoms with Crippen LogP contribution in [0.5, 0.6) is 0 Å². The van der Waals surface area contributed by atoms with E-state index in [0.29, 0.717) is 5.02 Å². The molecule has 1 rings (SSSR count). The first-order valence-corrected chi connectivity index (χ1v) is 5.70. The number of hydrogen-bond acceptors (Lipinski definition) is 2. The largest absolute Gasteiger partial charge is 0.391 e. The summed E-state index contributed by atoms with van der Waals surface area (Å²) in [6, 6.07) is 7.54. The molecule has 1 aromatic carbocycles. The molecule has 0 aliphatic carbocycles. The van der Waals surface area contributed by atoms with Crippen LogP contribution in [0.25, 0.3) is 0 Å². The highest BCUT2D eigenvalue weighted by atomic mass is 35.5. The number of benzene rings is 1. The molecule has 0 heterocycles. The molecule has 0 spiro atoms. The molecule has 0 saturated carbocycles. The predicted octanol–water partition coefficient (Wildman–Crippen LogP) is 2.76. The summed E-state index contributed by atoms with van der Waals surface area (Å²) in [6.45, 7) is 4.75. The van der Waals surface area contributed by atoms with Gasteiger partial charge < -0.3 is 10.4 Å². The van der Waals surface area contributed by atoms with Crippen LogP contribution in [-0.4, -0.2) is 17.8 Å². The Hall–Kier alpha value is -0.570. The lowest BCUT2D eigenvalue weighted by Crippen LogP contribution is -2.30. The average Bonchev–Trinajstić information content (AvgIpc) is 2.20. The van der Waals surface area contributed by atoms with E-state index in [1.807, 2.05) is 24.3 Å². The molecular formula is C12H18ClNO. The number of aliphatic hydroxyl groups is 1. The lowest BCUT2D eigenvalue weighted by molar-refractivity contribution is 0.146. The number of nitrogens with one attached hydrogen (secondary N) is 1. The lowest BCUT2D eigenvalue weighted by Gasteiger charge is -2.22. The highest BCUT2D eigenvalue weighted by molar-refractivity contribution is 6.31. The molecule has 0 saturated heterocycles. The van der Waals surface area contributed by atoms with E-state index in [9.17, 15) is 5.11 Å². The maximum atomic E-state index is 9.70. The summed E-state index contributed by atoms with van der Waals surface area (Å²) in [7, 11) is 0. The highest BCUT2D eigenvalue weighted by Crippen LogP contribution is 2.24. The van der Waals surface area contributed by atoms with Gasteiger partial charge in [0.1, 0.15) is 0 Å². The Morgan fingerprint density at radius 2 is 2.07 bits per heavy atom. The smallest absolute Gasteiger partial charge is 0.0707 e. The van der Waals surface area contributed by atoms with Crippen LogP contribution in [0.4, 0.5) is 0 Å². The van der Waals surface area contributed by atoms with Gasteiger partial charge in [0.2, 0.25) is 0 Å². The molecule has 0 aliphatic rings. The summed E-state index contributed by atoms with van der Waals surface area (Å²) in [5.41, 5.74) is 0.961. The molecule has 0 radical (unpaired) electrons. The van der Waals surface area contributed by atoms with Crippen molar-refractivity contribution in [2.45, 2.75) is 32.4 Å². The number of hydrogen-bond donors (Lipinski definition) is 2. The second-order valence-corrected chi connectivity index (χ2v) is 4.10.